The minimum Gasteiger partial charge on any atom is -0.445 e. The fourth-order valence-corrected chi connectivity index (χ4v) is 4.50. The summed E-state index contributed by atoms with van der Waals surface area (Å²) in [5.41, 5.74) is 1.33. The molecule has 9 heteroatoms. The lowest BCUT2D eigenvalue weighted by Crippen LogP contribution is -2.25. The number of hydrazone groups is 1. The normalized spacial score (nSPS) is 15.3. The van der Waals surface area contributed by atoms with E-state index < -0.39 is 18.2 Å². The number of amides is 1. The van der Waals surface area contributed by atoms with E-state index in [1.807, 2.05) is 31.2 Å². The SMILES string of the molecule is CC(=O)Oc1ccc(C)cc1C1=NN(C(C)=O)C(c2sc3ccccc3c2OC(C)=O)O1. The molecule has 2 aromatic carbocycles. The monoisotopic (exact) mass is 452 g/mol. The summed E-state index contributed by atoms with van der Waals surface area (Å²) in [6.07, 6.45) is -0.944. The van der Waals surface area contributed by atoms with Gasteiger partial charge in [-0.15, -0.1) is 16.4 Å². The predicted octanol–water partition coefficient (Wildman–Crippen LogP) is 4.30. The topological polar surface area (TPSA) is 94.5 Å². The molecule has 0 fully saturated rings. The second kappa shape index (κ2) is 8.43. The molecule has 8 nitrogen and oxygen atoms in total. The third kappa shape index (κ3) is 4.06. The molecule has 1 aliphatic heterocycles. The maximum Gasteiger partial charge on any atom is 0.308 e. The highest BCUT2D eigenvalue weighted by atomic mass is 32.1. The Morgan fingerprint density at radius 2 is 1.75 bits per heavy atom. The lowest BCUT2D eigenvalue weighted by molar-refractivity contribution is -0.135. The molecule has 1 atom stereocenters. The maximum atomic E-state index is 12.4. The van der Waals surface area contributed by atoms with E-state index in [-0.39, 0.29) is 17.6 Å². The second-order valence-electron chi connectivity index (χ2n) is 7.22. The van der Waals surface area contributed by atoms with Crippen molar-refractivity contribution in [3.63, 3.8) is 0 Å². The van der Waals surface area contributed by atoms with Crippen LogP contribution in [0.1, 0.15) is 43.0 Å². The number of rotatable bonds is 4. The van der Waals surface area contributed by atoms with E-state index in [0.717, 1.165) is 15.6 Å². The molecular weight excluding hydrogens is 432 g/mol. The highest BCUT2D eigenvalue weighted by Gasteiger charge is 2.38. The molecule has 0 saturated heterocycles. The van der Waals surface area contributed by atoms with Crippen molar-refractivity contribution < 1.29 is 28.6 Å². The van der Waals surface area contributed by atoms with Crippen LogP contribution in [0.5, 0.6) is 11.5 Å². The van der Waals surface area contributed by atoms with Crippen LogP contribution >= 0.6 is 11.3 Å². The Morgan fingerprint density at radius 3 is 2.44 bits per heavy atom. The van der Waals surface area contributed by atoms with Crippen molar-refractivity contribution in [1.29, 1.82) is 0 Å². The van der Waals surface area contributed by atoms with E-state index in [2.05, 4.69) is 5.10 Å². The number of esters is 2. The Balaban J connectivity index is 1.81. The minimum atomic E-state index is -0.944. The van der Waals surface area contributed by atoms with Gasteiger partial charge in [-0.2, -0.15) is 5.01 Å². The zero-order chi connectivity index (χ0) is 23.0. The van der Waals surface area contributed by atoms with E-state index in [1.165, 1.54) is 37.1 Å². The van der Waals surface area contributed by atoms with Crippen LogP contribution in [0.15, 0.2) is 47.6 Å². The molecule has 0 N–H and O–H groups in total. The fraction of sp³-hybridized carbons (Fsp3) is 0.217. The fourth-order valence-electron chi connectivity index (χ4n) is 3.35. The first-order chi connectivity index (χ1) is 15.2. The molecule has 32 heavy (non-hydrogen) atoms. The number of nitrogens with zero attached hydrogens (tertiary/aromatic N) is 2. The Bertz CT molecular complexity index is 1280. The van der Waals surface area contributed by atoms with E-state index in [0.29, 0.717) is 16.2 Å². The molecule has 4 rings (SSSR count). The van der Waals surface area contributed by atoms with Crippen LogP contribution in [-0.4, -0.2) is 28.8 Å². The van der Waals surface area contributed by atoms with Crippen LogP contribution in [0.3, 0.4) is 0 Å². The molecule has 0 spiro atoms. The Morgan fingerprint density at radius 1 is 1.03 bits per heavy atom. The van der Waals surface area contributed by atoms with Crippen molar-refractivity contribution in [1.82, 2.24) is 5.01 Å². The van der Waals surface area contributed by atoms with Crippen LogP contribution < -0.4 is 9.47 Å². The first kappa shape index (κ1) is 21.5. The second-order valence-corrected chi connectivity index (χ2v) is 8.30. The molecule has 0 bridgehead atoms. The molecule has 0 aliphatic carbocycles. The smallest absolute Gasteiger partial charge is 0.308 e. The molecule has 1 unspecified atom stereocenters. The average Bonchev–Trinajstić information content (AvgIpc) is 3.31. The van der Waals surface area contributed by atoms with E-state index in [9.17, 15) is 14.4 Å². The summed E-state index contributed by atoms with van der Waals surface area (Å²) < 4.78 is 17.8. The Labute approximate surface area is 188 Å². The quantitative estimate of drug-likeness (QED) is 0.433. The van der Waals surface area contributed by atoms with Crippen LogP contribution in [0.4, 0.5) is 0 Å². The van der Waals surface area contributed by atoms with Gasteiger partial charge in [0, 0.05) is 30.9 Å². The minimum absolute atomic E-state index is 0.122. The Hall–Kier alpha value is -3.72. The first-order valence-corrected chi connectivity index (χ1v) is 10.6. The molecule has 1 amide bonds. The molecule has 0 saturated carbocycles. The van der Waals surface area contributed by atoms with Crippen molar-refractivity contribution in [2.45, 2.75) is 33.9 Å². The Kier molecular flexibility index (Phi) is 5.67. The summed E-state index contributed by atoms with van der Waals surface area (Å²) in [5, 5.41) is 6.29. The number of aryl methyl sites for hydroxylation is 1. The predicted molar refractivity (Wildman–Crippen MR) is 119 cm³/mol. The number of fused-ring (bicyclic) bond motifs is 1. The van der Waals surface area contributed by atoms with Gasteiger partial charge in [-0.3, -0.25) is 14.4 Å². The largest absolute Gasteiger partial charge is 0.445 e. The highest BCUT2D eigenvalue weighted by Crippen LogP contribution is 2.46. The molecule has 0 radical (unpaired) electrons. The van der Waals surface area contributed by atoms with Gasteiger partial charge < -0.3 is 14.2 Å². The van der Waals surface area contributed by atoms with Gasteiger partial charge in [-0.1, -0.05) is 23.8 Å². The summed E-state index contributed by atoms with van der Waals surface area (Å²) in [6.45, 7) is 5.86. The molecule has 1 aliphatic rings. The van der Waals surface area contributed by atoms with Gasteiger partial charge in [0.25, 0.3) is 0 Å². The van der Waals surface area contributed by atoms with Gasteiger partial charge in [0.2, 0.25) is 18.0 Å². The molecular formula is C23H20N2O6S. The summed E-state index contributed by atoms with van der Waals surface area (Å²) in [5.74, 6) is -0.624. The van der Waals surface area contributed by atoms with E-state index in [1.54, 1.807) is 18.2 Å². The van der Waals surface area contributed by atoms with Crippen LogP contribution in [0.2, 0.25) is 0 Å². The molecule has 2 heterocycles. The lowest BCUT2D eigenvalue weighted by Gasteiger charge is -2.19. The number of carbonyl (C=O) groups is 3. The van der Waals surface area contributed by atoms with Crippen LogP contribution in [0.25, 0.3) is 10.1 Å². The first-order valence-electron chi connectivity index (χ1n) is 9.79. The molecule has 3 aromatic rings. The third-order valence-electron chi connectivity index (χ3n) is 4.63. The maximum absolute atomic E-state index is 12.4. The lowest BCUT2D eigenvalue weighted by atomic mass is 10.1. The highest BCUT2D eigenvalue weighted by molar-refractivity contribution is 7.19. The summed E-state index contributed by atoms with van der Waals surface area (Å²) in [7, 11) is 0. The number of carbonyl (C=O) groups excluding carboxylic acids is 3. The number of benzene rings is 2. The van der Waals surface area contributed by atoms with Gasteiger partial charge >= 0.3 is 11.9 Å². The van der Waals surface area contributed by atoms with E-state index in [4.69, 9.17) is 14.2 Å². The number of ether oxygens (including phenoxy) is 3. The van der Waals surface area contributed by atoms with Gasteiger partial charge in [0.1, 0.15) is 10.6 Å². The summed E-state index contributed by atoms with van der Waals surface area (Å²) >= 11 is 1.34. The van der Waals surface area contributed by atoms with E-state index >= 15 is 0 Å². The van der Waals surface area contributed by atoms with Crippen LogP contribution in [-0.2, 0) is 19.1 Å². The van der Waals surface area contributed by atoms with Crippen molar-refractivity contribution in [3.8, 4) is 11.5 Å². The number of thiophene rings is 1. The third-order valence-corrected chi connectivity index (χ3v) is 5.81. The zero-order valence-electron chi connectivity index (χ0n) is 17.9. The van der Waals surface area contributed by atoms with Crippen LogP contribution in [0, 0.1) is 6.92 Å². The van der Waals surface area contributed by atoms with Gasteiger partial charge in [-0.05, 0) is 31.2 Å². The van der Waals surface area contributed by atoms with Gasteiger partial charge in [0.05, 0.1) is 5.56 Å². The zero-order valence-corrected chi connectivity index (χ0v) is 18.7. The van der Waals surface area contributed by atoms with Gasteiger partial charge in [-0.25, -0.2) is 0 Å². The summed E-state index contributed by atoms with van der Waals surface area (Å²) in [4.78, 5) is 36.3. The summed E-state index contributed by atoms with van der Waals surface area (Å²) in [6, 6.07) is 12.6. The molecule has 1 aromatic heterocycles. The van der Waals surface area contributed by atoms with Crippen molar-refractivity contribution in [2.24, 2.45) is 5.10 Å². The van der Waals surface area contributed by atoms with Crippen molar-refractivity contribution >= 4 is 45.2 Å². The van der Waals surface area contributed by atoms with Crippen molar-refractivity contribution in [3.05, 3.63) is 58.5 Å². The number of hydrogen-bond donors (Lipinski definition) is 0. The number of hydrogen-bond acceptors (Lipinski definition) is 8. The average molecular weight is 452 g/mol. The standard InChI is InChI=1S/C23H20N2O6S/c1-12-9-10-18(29-14(3)27)17(11-12)22-24-25(13(2)26)23(31-22)21-20(30-15(4)28)16-7-5-6-8-19(16)32-21/h5-11,23H,1-4H3. The molecule has 164 valence electrons. The van der Waals surface area contributed by atoms with Gasteiger partial charge in [0.15, 0.2) is 5.75 Å². The van der Waals surface area contributed by atoms with Crippen molar-refractivity contribution in [2.75, 3.05) is 0 Å².